The summed E-state index contributed by atoms with van der Waals surface area (Å²) in [5.41, 5.74) is 0. The van der Waals surface area contributed by atoms with Crippen molar-refractivity contribution in [2.75, 3.05) is 5.33 Å². The Balaban J connectivity index is 1.98. The van der Waals surface area contributed by atoms with Crippen molar-refractivity contribution in [1.29, 1.82) is 0 Å². The van der Waals surface area contributed by atoms with Crippen LogP contribution < -0.4 is 0 Å². The molecule has 0 saturated heterocycles. The minimum Gasteiger partial charge on any atom is -0.247 e. The van der Waals surface area contributed by atoms with Crippen molar-refractivity contribution in [3.05, 3.63) is 0 Å². The Labute approximate surface area is 57.6 Å². The third-order valence-electron chi connectivity index (χ3n) is 1.45. The van der Waals surface area contributed by atoms with E-state index in [1.807, 2.05) is 0 Å². The first kappa shape index (κ1) is 6.53. The smallest absolute Gasteiger partial charge is 0.110 e. The first-order valence-corrected chi connectivity index (χ1v) is 4.15. The van der Waals surface area contributed by atoms with Gasteiger partial charge in [0.2, 0.25) is 0 Å². The maximum absolute atomic E-state index is 12.4. The van der Waals surface area contributed by atoms with E-state index in [1.54, 1.807) is 0 Å². The summed E-state index contributed by atoms with van der Waals surface area (Å²) in [5, 5.41) is 0.517. The highest BCUT2D eigenvalue weighted by Gasteiger charge is 2.24. The second-order valence-corrected chi connectivity index (χ2v) is 3.08. The topological polar surface area (TPSA) is 0 Å². The average Bonchev–Trinajstić information content (AvgIpc) is 2.50. The molecule has 0 heterocycles. The Morgan fingerprint density at radius 1 is 1.62 bits per heavy atom. The second kappa shape index (κ2) is 2.81. The Morgan fingerprint density at radius 2 is 2.25 bits per heavy atom. The molecule has 0 nitrogen and oxygen atoms in total. The molecular formula is C6H10BrF. The van der Waals surface area contributed by atoms with Crippen LogP contribution in [0.2, 0.25) is 0 Å². The molecule has 0 aliphatic heterocycles. The molecule has 0 amide bonds. The maximum atomic E-state index is 12.4. The maximum Gasteiger partial charge on any atom is 0.110 e. The molecule has 1 aliphatic rings. The summed E-state index contributed by atoms with van der Waals surface area (Å²) in [7, 11) is 0. The van der Waals surface area contributed by atoms with Crippen LogP contribution in [-0.4, -0.2) is 11.5 Å². The van der Waals surface area contributed by atoms with Crippen molar-refractivity contribution in [3.8, 4) is 0 Å². The van der Waals surface area contributed by atoms with Crippen LogP contribution in [0.25, 0.3) is 0 Å². The van der Waals surface area contributed by atoms with Crippen molar-refractivity contribution >= 4 is 15.9 Å². The van der Waals surface area contributed by atoms with E-state index in [4.69, 9.17) is 0 Å². The zero-order valence-electron chi connectivity index (χ0n) is 4.74. The van der Waals surface area contributed by atoms with E-state index in [-0.39, 0.29) is 0 Å². The van der Waals surface area contributed by atoms with Crippen LogP contribution in [0.4, 0.5) is 4.39 Å². The van der Waals surface area contributed by atoms with Crippen LogP contribution in [0.3, 0.4) is 0 Å². The van der Waals surface area contributed by atoms with E-state index in [0.29, 0.717) is 5.33 Å². The molecule has 0 aromatic carbocycles. The Kier molecular flexibility index (Phi) is 2.29. The molecular weight excluding hydrogens is 171 g/mol. The van der Waals surface area contributed by atoms with E-state index < -0.39 is 6.17 Å². The van der Waals surface area contributed by atoms with Crippen LogP contribution in [0.5, 0.6) is 0 Å². The highest BCUT2D eigenvalue weighted by Crippen LogP contribution is 2.34. The van der Waals surface area contributed by atoms with Crippen LogP contribution >= 0.6 is 15.9 Å². The van der Waals surface area contributed by atoms with E-state index in [9.17, 15) is 4.39 Å². The van der Waals surface area contributed by atoms with Gasteiger partial charge in [0.05, 0.1) is 0 Å². The zero-order chi connectivity index (χ0) is 5.98. The predicted octanol–water partition coefficient (Wildman–Crippen LogP) is 2.52. The highest BCUT2D eigenvalue weighted by molar-refractivity contribution is 9.09. The molecule has 2 heteroatoms. The van der Waals surface area contributed by atoms with Gasteiger partial charge in [-0.1, -0.05) is 28.8 Å². The highest BCUT2D eigenvalue weighted by atomic mass is 79.9. The fourth-order valence-electron chi connectivity index (χ4n) is 0.778. The predicted molar refractivity (Wildman–Crippen MR) is 36.0 cm³/mol. The van der Waals surface area contributed by atoms with Gasteiger partial charge in [-0.05, 0) is 12.3 Å². The Hall–Kier alpha value is 0.410. The van der Waals surface area contributed by atoms with Gasteiger partial charge in [-0.3, -0.25) is 0 Å². The first-order valence-electron chi connectivity index (χ1n) is 3.03. The van der Waals surface area contributed by atoms with Gasteiger partial charge >= 0.3 is 0 Å². The van der Waals surface area contributed by atoms with Crippen molar-refractivity contribution < 1.29 is 4.39 Å². The van der Waals surface area contributed by atoms with Gasteiger partial charge in [-0.25, -0.2) is 4.39 Å². The number of hydrogen-bond donors (Lipinski definition) is 0. The molecule has 0 N–H and O–H groups in total. The van der Waals surface area contributed by atoms with Crippen molar-refractivity contribution in [2.45, 2.75) is 25.4 Å². The molecule has 0 spiro atoms. The lowest BCUT2D eigenvalue weighted by Crippen LogP contribution is -2.01. The number of rotatable bonds is 3. The lowest BCUT2D eigenvalue weighted by Gasteiger charge is -1.98. The average molecular weight is 181 g/mol. The summed E-state index contributed by atoms with van der Waals surface area (Å²) >= 11 is 3.10. The molecule has 1 aliphatic carbocycles. The minimum atomic E-state index is -0.595. The summed E-state index contributed by atoms with van der Waals surface area (Å²) in [6.07, 6.45) is 2.70. The molecule has 0 aromatic rings. The van der Waals surface area contributed by atoms with E-state index in [1.165, 1.54) is 12.8 Å². The van der Waals surface area contributed by atoms with Gasteiger partial charge in [-0.2, -0.15) is 0 Å². The van der Waals surface area contributed by atoms with Gasteiger partial charge in [0.1, 0.15) is 6.17 Å². The molecule has 0 radical (unpaired) electrons. The standard InChI is InChI=1S/C6H10BrF/c7-4-6(8)3-5-1-2-5/h5-6H,1-4H2/t6-/m0/s1. The molecule has 1 rings (SSSR count). The normalized spacial score (nSPS) is 23.2. The fraction of sp³-hybridized carbons (Fsp3) is 1.00. The van der Waals surface area contributed by atoms with Crippen molar-refractivity contribution in [2.24, 2.45) is 5.92 Å². The molecule has 0 aromatic heterocycles. The first-order chi connectivity index (χ1) is 3.83. The van der Waals surface area contributed by atoms with E-state index in [0.717, 1.165) is 12.3 Å². The molecule has 8 heavy (non-hydrogen) atoms. The summed E-state index contributed by atoms with van der Waals surface area (Å²) in [6, 6.07) is 0. The fourth-order valence-corrected chi connectivity index (χ4v) is 1.04. The molecule has 48 valence electrons. The molecule has 0 unspecified atom stereocenters. The van der Waals surface area contributed by atoms with Gasteiger partial charge in [0.15, 0.2) is 0 Å². The van der Waals surface area contributed by atoms with Gasteiger partial charge in [0.25, 0.3) is 0 Å². The van der Waals surface area contributed by atoms with Crippen molar-refractivity contribution in [3.63, 3.8) is 0 Å². The van der Waals surface area contributed by atoms with Crippen LogP contribution in [0.15, 0.2) is 0 Å². The second-order valence-electron chi connectivity index (χ2n) is 2.43. The third-order valence-corrected chi connectivity index (χ3v) is 2.16. The van der Waals surface area contributed by atoms with E-state index >= 15 is 0 Å². The molecule has 1 atom stereocenters. The number of alkyl halides is 2. The summed E-state index contributed by atoms with van der Waals surface area (Å²) in [4.78, 5) is 0. The minimum absolute atomic E-state index is 0.517. The van der Waals surface area contributed by atoms with Crippen LogP contribution in [0.1, 0.15) is 19.3 Å². The summed E-state index contributed by atoms with van der Waals surface area (Å²) < 4.78 is 12.4. The summed E-state index contributed by atoms with van der Waals surface area (Å²) in [5.74, 6) is 0.725. The zero-order valence-corrected chi connectivity index (χ0v) is 6.33. The number of hydrogen-bond acceptors (Lipinski definition) is 0. The monoisotopic (exact) mass is 180 g/mol. The van der Waals surface area contributed by atoms with Gasteiger partial charge < -0.3 is 0 Å². The van der Waals surface area contributed by atoms with Crippen molar-refractivity contribution in [1.82, 2.24) is 0 Å². The molecule has 0 bridgehead atoms. The lowest BCUT2D eigenvalue weighted by atomic mass is 10.2. The van der Waals surface area contributed by atoms with Crippen LogP contribution in [-0.2, 0) is 0 Å². The van der Waals surface area contributed by atoms with E-state index in [2.05, 4.69) is 15.9 Å². The Morgan fingerprint density at radius 3 is 2.62 bits per heavy atom. The molecule has 1 saturated carbocycles. The largest absolute Gasteiger partial charge is 0.247 e. The summed E-state index contributed by atoms with van der Waals surface area (Å²) in [6.45, 7) is 0. The quantitative estimate of drug-likeness (QED) is 0.587. The number of halogens is 2. The SMILES string of the molecule is F[C@H](CBr)CC1CC1. The lowest BCUT2D eigenvalue weighted by molar-refractivity contribution is 0.335. The molecule has 1 fully saturated rings. The van der Waals surface area contributed by atoms with Gasteiger partial charge in [0, 0.05) is 5.33 Å². The Bertz CT molecular complexity index is 70.9. The third kappa shape index (κ3) is 2.12. The van der Waals surface area contributed by atoms with Crippen LogP contribution in [0, 0.1) is 5.92 Å². The van der Waals surface area contributed by atoms with Gasteiger partial charge in [-0.15, -0.1) is 0 Å².